The van der Waals surface area contributed by atoms with Crippen LogP contribution >= 0.6 is 0 Å². The van der Waals surface area contributed by atoms with Gasteiger partial charge in [0.15, 0.2) is 0 Å². The van der Waals surface area contributed by atoms with Crippen molar-refractivity contribution in [2.75, 3.05) is 25.0 Å². The van der Waals surface area contributed by atoms with Crippen molar-refractivity contribution in [3.8, 4) is 0 Å². The van der Waals surface area contributed by atoms with Gasteiger partial charge in [-0.1, -0.05) is 25.1 Å². The fraction of sp³-hybridized carbons (Fsp3) is 0.278. The van der Waals surface area contributed by atoms with Crippen LogP contribution in [0, 0.1) is 0 Å². The highest BCUT2D eigenvalue weighted by molar-refractivity contribution is 7.92. The highest BCUT2D eigenvalue weighted by atomic mass is 32.2. The number of rotatable bonds is 8. The second kappa shape index (κ2) is 8.64. The Balaban J connectivity index is 2.13. The van der Waals surface area contributed by atoms with E-state index >= 15 is 0 Å². The van der Waals surface area contributed by atoms with Gasteiger partial charge in [-0.05, 0) is 42.3 Å². The first-order chi connectivity index (χ1) is 12.0. The molecule has 2 aromatic carbocycles. The van der Waals surface area contributed by atoms with E-state index in [9.17, 15) is 13.2 Å². The van der Waals surface area contributed by atoms with E-state index in [0.717, 1.165) is 12.0 Å². The summed E-state index contributed by atoms with van der Waals surface area (Å²) >= 11 is 0. The average Bonchev–Trinajstić information content (AvgIpc) is 2.62. The van der Waals surface area contributed by atoms with E-state index in [1.54, 1.807) is 19.2 Å². The van der Waals surface area contributed by atoms with E-state index in [2.05, 4.69) is 10.0 Å². The molecule has 0 fully saturated rings. The van der Waals surface area contributed by atoms with Crippen molar-refractivity contribution in [2.24, 2.45) is 0 Å². The topological polar surface area (TPSA) is 84.5 Å². The predicted molar refractivity (Wildman–Crippen MR) is 97.3 cm³/mol. The summed E-state index contributed by atoms with van der Waals surface area (Å²) in [5, 5.41) is 2.68. The summed E-state index contributed by atoms with van der Waals surface area (Å²) in [6.07, 6.45) is 0.722. The Morgan fingerprint density at radius 1 is 1.08 bits per heavy atom. The van der Waals surface area contributed by atoms with Gasteiger partial charge in [-0.3, -0.25) is 9.52 Å². The summed E-state index contributed by atoms with van der Waals surface area (Å²) in [6.45, 7) is 2.77. The highest BCUT2D eigenvalue weighted by Gasteiger charge is 2.16. The van der Waals surface area contributed by atoms with Crippen LogP contribution in [-0.2, 0) is 21.2 Å². The summed E-state index contributed by atoms with van der Waals surface area (Å²) in [5.41, 5.74) is 1.87. The van der Waals surface area contributed by atoms with E-state index in [-0.39, 0.29) is 10.8 Å². The summed E-state index contributed by atoms with van der Waals surface area (Å²) in [6, 6.07) is 13.1. The molecule has 0 atom stereocenters. The molecule has 0 aliphatic heterocycles. The molecule has 0 spiro atoms. The normalized spacial score (nSPS) is 11.1. The number of carbonyl (C=O) groups excluding carboxylic acids is 1. The maximum atomic E-state index is 12.5. The molecule has 6 nitrogen and oxygen atoms in total. The summed E-state index contributed by atoms with van der Waals surface area (Å²) in [4.78, 5) is 12.0. The van der Waals surface area contributed by atoms with E-state index in [1.807, 2.05) is 19.1 Å². The largest absolute Gasteiger partial charge is 0.383 e. The number of aryl methyl sites for hydroxylation is 1. The van der Waals surface area contributed by atoms with E-state index in [1.165, 1.54) is 24.3 Å². The molecule has 0 aliphatic carbocycles. The molecule has 2 rings (SSSR count). The minimum atomic E-state index is -3.71. The Labute approximate surface area is 148 Å². The van der Waals surface area contributed by atoms with E-state index < -0.39 is 10.0 Å². The molecule has 134 valence electrons. The van der Waals surface area contributed by atoms with Crippen LogP contribution in [-0.4, -0.2) is 34.6 Å². The second-order valence-electron chi connectivity index (χ2n) is 5.39. The van der Waals surface area contributed by atoms with Crippen LogP contribution in [0.3, 0.4) is 0 Å². The predicted octanol–water partition coefficient (Wildman–Crippen LogP) is 2.43. The zero-order valence-corrected chi connectivity index (χ0v) is 15.1. The molecule has 0 bridgehead atoms. The van der Waals surface area contributed by atoms with Crippen molar-refractivity contribution in [1.29, 1.82) is 0 Å². The van der Waals surface area contributed by atoms with Crippen molar-refractivity contribution in [3.63, 3.8) is 0 Å². The SMILES string of the molecule is CCc1ccccc1NS(=O)(=O)c1ccc(C(=O)NCCOC)cc1. The monoisotopic (exact) mass is 362 g/mol. The molecule has 0 heterocycles. The minimum absolute atomic E-state index is 0.104. The number of nitrogens with one attached hydrogen (secondary N) is 2. The Hall–Kier alpha value is -2.38. The third-order valence-corrected chi connectivity index (χ3v) is 5.04. The molecule has 0 radical (unpaired) electrons. The number of ether oxygens (including phenoxy) is 1. The summed E-state index contributed by atoms with van der Waals surface area (Å²) < 4.78 is 32.5. The molecule has 2 N–H and O–H groups in total. The third kappa shape index (κ3) is 5.04. The quantitative estimate of drug-likeness (QED) is 0.707. The highest BCUT2D eigenvalue weighted by Crippen LogP contribution is 2.20. The van der Waals surface area contributed by atoms with Gasteiger partial charge in [0.25, 0.3) is 15.9 Å². The molecule has 0 saturated heterocycles. The van der Waals surface area contributed by atoms with Gasteiger partial charge < -0.3 is 10.1 Å². The van der Waals surface area contributed by atoms with Gasteiger partial charge in [0.05, 0.1) is 17.2 Å². The molecule has 0 unspecified atom stereocenters. The van der Waals surface area contributed by atoms with Crippen LogP contribution in [0.1, 0.15) is 22.8 Å². The smallest absolute Gasteiger partial charge is 0.261 e. The Morgan fingerprint density at radius 3 is 2.40 bits per heavy atom. The van der Waals surface area contributed by atoms with Crippen molar-refractivity contribution >= 4 is 21.6 Å². The summed E-state index contributed by atoms with van der Waals surface area (Å²) in [5.74, 6) is -0.273. The Morgan fingerprint density at radius 2 is 1.76 bits per heavy atom. The maximum absolute atomic E-state index is 12.5. The number of benzene rings is 2. The second-order valence-corrected chi connectivity index (χ2v) is 7.07. The maximum Gasteiger partial charge on any atom is 0.261 e. The summed E-state index contributed by atoms with van der Waals surface area (Å²) in [7, 11) is -2.16. The van der Waals surface area contributed by atoms with Crippen molar-refractivity contribution < 1.29 is 17.9 Å². The number of amides is 1. The minimum Gasteiger partial charge on any atom is -0.383 e. The number of methoxy groups -OCH3 is 1. The van der Waals surface area contributed by atoms with Crippen molar-refractivity contribution in [3.05, 3.63) is 59.7 Å². The average molecular weight is 362 g/mol. The zero-order chi connectivity index (χ0) is 18.3. The van der Waals surface area contributed by atoms with Gasteiger partial charge in [0.1, 0.15) is 0 Å². The van der Waals surface area contributed by atoms with Crippen molar-refractivity contribution in [2.45, 2.75) is 18.2 Å². The van der Waals surface area contributed by atoms with E-state index in [4.69, 9.17) is 4.74 Å². The number of carbonyl (C=O) groups is 1. The van der Waals surface area contributed by atoms with Crippen LogP contribution in [0.5, 0.6) is 0 Å². The first kappa shape index (κ1) is 19.0. The van der Waals surface area contributed by atoms with Gasteiger partial charge in [-0.15, -0.1) is 0 Å². The lowest BCUT2D eigenvalue weighted by atomic mass is 10.1. The van der Waals surface area contributed by atoms with Gasteiger partial charge in [0, 0.05) is 19.2 Å². The number of anilines is 1. The van der Waals surface area contributed by atoms with Crippen LogP contribution in [0.25, 0.3) is 0 Å². The molecule has 0 aromatic heterocycles. The van der Waals surface area contributed by atoms with E-state index in [0.29, 0.717) is 24.4 Å². The van der Waals surface area contributed by atoms with Gasteiger partial charge in [0.2, 0.25) is 0 Å². The Bertz CT molecular complexity index is 817. The molecular formula is C18H22N2O4S. The van der Waals surface area contributed by atoms with Crippen LogP contribution in [0.15, 0.2) is 53.4 Å². The standard InChI is InChI=1S/C18H22N2O4S/c1-3-14-6-4-5-7-17(14)20-25(22,23)16-10-8-15(9-11-16)18(21)19-12-13-24-2/h4-11,20H,3,12-13H2,1-2H3,(H,19,21). The lowest BCUT2D eigenvalue weighted by Crippen LogP contribution is -2.26. The zero-order valence-electron chi connectivity index (χ0n) is 14.3. The fourth-order valence-electron chi connectivity index (χ4n) is 2.29. The molecular weight excluding hydrogens is 340 g/mol. The van der Waals surface area contributed by atoms with Gasteiger partial charge >= 0.3 is 0 Å². The lowest BCUT2D eigenvalue weighted by Gasteiger charge is -2.12. The molecule has 25 heavy (non-hydrogen) atoms. The molecule has 0 aliphatic rings. The van der Waals surface area contributed by atoms with Gasteiger partial charge in [-0.2, -0.15) is 0 Å². The lowest BCUT2D eigenvalue weighted by molar-refractivity contribution is 0.0937. The van der Waals surface area contributed by atoms with Crippen molar-refractivity contribution in [1.82, 2.24) is 5.32 Å². The van der Waals surface area contributed by atoms with Gasteiger partial charge in [-0.25, -0.2) is 8.42 Å². The molecule has 2 aromatic rings. The molecule has 7 heteroatoms. The van der Waals surface area contributed by atoms with Crippen LogP contribution in [0.2, 0.25) is 0 Å². The third-order valence-electron chi connectivity index (χ3n) is 3.66. The number of para-hydroxylation sites is 1. The number of sulfonamides is 1. The number of hydrogen-bond acceptors (Lipinski definition) is 4. The first-order valence-electron chi connectivity index (χ1n) is 7.96. The fourth-order valence-corrected chi connectivity index (χ4v) is 3.39. The first-order valence-corrected chi connectivity index (χ1v) is 9.44. The molecule has 1 amide bonds. The Kier molecular flexibility index (Phi) is 6.55. The van der Waals surface area contributed by atoms with Crippen LogP contribution in [0.4, 0.5) is 5.69 Å². The number of hydrogen-bond donors (Lipinski definition) is 2. The van der Waals surface area contributed by atoms with Crippen LogP contribution < -0.4 is 10.0 Å². The molecule has 0 saturated carbocycles.